The summed E-state index contributed by atoms with van der Waals surface area (Å²) in [5.41, 5.74) is 12.2. The molecule has 0 amide bonds. The highest BCUT2D eigenvalue weighted by Gasteiger charge is 2.24. The second-order valence-electron chi connectivity index (χ2n) is 14.5. The monoisotopic (exact) mass is 716 g/mol. The first-order valence-electron chi connectivity index (χ1n) is 19.0. The molecule has 0 N–H and O–H groups in total. The van der Waals surface area contributed by atoms with E-state index in [1.807, 2.05) is 12.1 Å². The first-order valence-corrected chi connectivity index (χ1v) is 19.0. The summed E-state index contributed by atoms with van der Waals surface area (Å²) in [5, 5.41) is 9.11. The molecule has 3 heterocycles. The minimum absolute atomic E-state index is 0.847. The fourth-order valence-electron chi connectivity index (χ4n) is 8.88. The molecule has 0 radical (unpaired) electrons. The summed E-state index contributed by atoms with van der Waals surface area (Å²) < 4.78 is 15.5. The Bertz CT molecular complexity index is 3460. The van der Waals surface area contributed by atoms with Gasteiger partial charge >= 0.3 is 0 Å². The van der Waals surface area contributed by atoms with Crippen molar-refractivity contribution in [3.8, 4) is 16.8 Å². The third-order valence-corrected chi connectivity index (χ3v) is 11.4. The summed E-state index contributed by atoms with van der Waals surface area (Å²) in [5.74, 6) is 0. The number of aromatic nitrogens is 1. The lowest BCUT2D eigenvalue weighted by atomic mass is 10.0. The largest absolute Gasteiger partial charge is 0.456 e. The van der Waals surface area contributed by atoms with Crippen LogP contribution in [0.5, 0.6) is 0 Å². The third kappa shape index (κ3) is 4.53. The van der Waals surface area contributed by atoms with Crippen LogP contribution < -0.4 is 4.90 Å². The van der Waals surface area contributed by atoms with Crippen molar-refractivity contribution >= 4 is 93.5 Å². The van der Waals surface area contributed by atoms with Crippen LogP contribution in [0.2, 0.25) is 0 Å². The number of nitrogens with zero attached hydrogens (tertiary/aromatic N) is 2. The lowest BCUT2D eigenvalue weighted by Gasteiger charge is -2.29. The van der Waals surface area contributed by atoms with Crippen molar-refractivity contribution in [3.63, 3.8) is 0 Å². The topological polar surface area (TPSA) is 34.5 Å². The number of fused-ring (bicyclic) bond motifs is 11. The molecule has 9 aromatic carbocycles. The van der Waals surface area contributed by atoms with Crippen LogP contribution in [-0.4, -0.2) is 4.57 Å². The van der Waals surface area contributed by atoms with Gasteiger partial charge in [0, 0.05) is 38.0 Å². The van der Waals surface area contributed by atoms with Crippen molar-refractivity contribution in [1.82, 2.24) is 4.57 Å². The average Bonchev–Trinajstić information content (AvgIpc) is 3.94. The lowest BCUT2D eigenvalue weighted by Crippen LogP contribution is -2.13. The molecule has 0 aliphatic heterocycles. The van der Waals surface area contributed by atoms with Crippen LogP contribution in [0.4, 0.5) is 17.1 Å². The second-order valence-corrected chi connectivity index (χ2v) is 14.5. The van der Waals surface area contributed by atoms with E-state index in [4.69, 9.17) is 8.83 Å². The van der Waals surface area contributed by atoms with Crippen molar-refractivity contribution in [2.45, 2.75) is 0 Å². The van der Waals surface area contributed by atoms with Gasteiger partial charge in [0.25, 0.3) is 0 Å². The molecular weight excluding hydrogens is 685 g/mol. The Labute approximate surface area is 321 Å². The number of anilines is 3. The molecule has 56 heavy (non-hydrogen) atoms. The molecule has 0 aliphatic rings. The maximum Gasteiger partial charge on any atom is 0.143 e. The molecule has 3 aromatic heterocycles. The number of benzene rings is 9. The Morgan fingerprint density at radius 2 is 1.00 bits per heavy atom. The number of para-hydroxylation sites is 5. The first-order chi connectivity index (χ1) is 27.8. The number of hydrogen-bond donors (Lipinski definition) is 0. The third-order valence-electron chi connectivity index (χ3n) is 11.4. The maximum atomic E-state index is 6.76. The van der Waals surface area contributed by atoms with Gasteiger partial charge in [0.1, 0.15) is 22.3 Å². The van der Waals surface area contributed by atoms with Crippen LogP contribution in [0.15, 0.2) is 203 Å². The normalized spacial score (nSPS) is 11.9. The molecule has 0 unspecified atom stereocenters. The predicted molar refractivity (Wildman–Crippen MR) is 233 cm³/mol. The van der Waals surface area contributed by atoms with Crippen LogP contribution in [0, 0.1) is 0 Å². The molecular formula is C52H32N2O2. The minimum Gasteiger partial charge on any atom is -0.456 e. The van der Waals surface area contributed by atoms with Gasteiger partial charge in [-0.2, -0.15) is 0 Å². The zero-order chi connectivity index (χ0) is 36.7. The van der Waals surface area contributed by atoms with Gasteiger partial charge in [-0.05, 0) is 89.3 Å². The van der Waals surface area contributed by atoms with Gasteiger partial charge in [-0.1, -0.05) is 121 Å². The standard InChI is InChI=1S/C52H32N2O2/c1-2-16-37-33(13-1)27-30-42-51-47(24-12-26-49(51)56-52(37)42)53(36-15-11-14-34(31-36)35-28-29-41-40-19-5-10-25-48(40)55-50(41)32-35)45-22-8-9-23-46(45)54-43-20-6-3-17-38(43)39-18-4-7-21-44(39)54/h1-32H. The van der Waals surface area contributed by atoms with Crippen LogP contribution in [-0.2, 0) is 0 Å². The lowest BCUT2D eigenvalue weighted by molar-refractivity contribution is 0.669. The van der Waals surface area contributed by atoms with E-state index in [2.05, 4.69) is 191 Å². The summed E-state index contributed by atoms with van der Waals surface area (Å²) >= 11 is 0. The number of rotatable bonds is 5. The van der Waals surface area contributed by atoms with Crippen molar-refractivity contribution in [2.24, 2.45) is 0 Å². The van der Waals surface area contributed by atoms with Crippen molar-refractivity contribution in [2.75, 3.05) is 4.90 Å². The Kier molecular flexibility index (Phi) is 6.60. The molecule has 4 heteroatoms. The number of furan rings is 2. The van der Waals surface area contributed by atoms with Crippen LogP contribution in [0.25, 0.3) is 93.3 Å². The highest BCUT2D eigenvalue weighted by Crippen LogP contribution is 2.47. The fourth-order valence-corrected chi connectivity index (χ4v) is 8.88. The zero-order valence-corrected chi connectivity index (χ0v) is 30.2. The van der Waals surface area contributed by atoms with E-state index >= 15 is 0 Å². The molecule has 0 spiro atoms. The molecule has 12 rings (SSSR count). The maximum absolute atomic E-state index is 6.76. The van der Waals surface area contributed by atoms with E-state index in [0.29, 0.717) is 0 Å². The van der Waals surface area contributed by atoms with E-state index in [-0.39, 0.29) is 0 Å². The van der Waals surface area contributed by atoms with Crippen LogP contribution >= 0.6 is 0 Å². The minimum atomic E-state index is 0.847. The summed E-state index contributed by atoms with van der Waals surface area (Å²) in [4.78, 5) is 2.41. The van der Waals surface area contributed by atoms with Gasteiger partial charge in [-0.15, -0.1) is 0 Å². The van der Waals surface area contributed by atoms with E-state index in [0.717, 1.165) is 99.6 Å². The SMILES string of the molecule is c1cc(-c2ccc3c(c2)oc2ccccc23)cc(N(c2ccccc2-n2c3ccccc3c3ccccc32)c2cccc3oc4c5ccccc5ccc4c23)c1. The molecule has 262 valence electrons. The van der Waals surface area contributed by atoms with E-state index < -0.39 is 0 Å². The van der Waals surface area contributed by atoms with Gasteiger partial charge in [0.05, 0.1) is 33.5 Å². The Balaban J connectivity index is 1.14. The van der Waals surface area contributed by atoms with Crippen LogP contribution in [0.1, 0.15) is 0 Å². The molecule has 0 aliphatic carbocycles. The van der Waals surface area contributed by atoms with E-state index in [1.165, 1.54) is 10.8 Å². The summed E-state index contributed by atoms with van der Waals surface area (Å²) in [7, 11) is 0. The summed E-state index contributed by atoms with van der Waals surface area (Å²) in [6.45, 7) is 0. The average molecular weight is 717 g/mol. The highest BCUT2D eigenvalue weighted by atomic mass is 16.3. The first kappa shape index (κ1) is 30.9. The molecule has 0 fully saturated rings. The second kappa shape index (κ2) is 12.0. The fraction of sp³-hybridized carbons (Fsp3) is 0. The van der Waals surface area contributed by atoms with Gasteiger partial charge in [0.2, 0.25) is 0 Å². The van der Waals surface area contributed by atoms with E-state index in [9.17, 15) is 0 Å². The van der Waals surface area contributed by atoms with Crippen LogP contribution in [0.3, 0.4) is 0 Å². The molecule has 0 saturated heterocycles. The van der Waals surface area contributed by atoms with Crippen molar-refractivity contribution < 1.29 is 8.83 Å². The molecule has 4 nitrogen and oxygen atoms in total. The molecule has 12 aromatic rings. The van der Waals surface area contributed by atoms with E-state index in [1.54, 1.807) is 0 Å². The van der Waals surface area contributed by atoms with Gasteiger partial charge in [-0.3, -0.25) is 0 Å². The summed E-state index contributed by atoms with van der Waals surface area (Å²) in [6, 6.07) is 69.1. The number of hydrogen-bond acceptors (Lipinski definition) is 3. The zero-order valence-electron chi connectivity index (χ0n) is 30.2. The molecule has 0 bridgehead atoms. The predicted octanol–water partition coefficient (Wildman–Crippen LogP) is 14.9. The smallest absolute Gasteiger partial charge is 0.143 e. The Hall–Kier alpha value is -7.56. The van der Waals surface area contributed by atoms with Gasteiger partial charge in [0.15, 0.2) is 0 Å². The quantitative estimate of drug-likeness (QED) is 0.178. The highest BCUT2D eigenvalue weighted by molar-refractivity contribution is 6.20. The Morgan fingerprint density at radius 3 is 1.86 bits per heavy atom. The summed E-state index contributed by atoms with van der Waals surface area (Å²) in [6.07, 6.45) is 0. The van der Waals surface area contributed by atoms with Gasteiger partial charge in [-0.25, -0.2) is 0 Å². The van der Waals surface area contributed by atoms with Crippen molar-refractivity contribution in [1.29, 1.82) is 0 Å². The molecule has 0 saturated carbocycles. The van der Waals surface area contributed by atoms with Crippen molar-refractivity contribution in [3.05, 3.63) is 194 Å². The Morgan fingerprint density at radius 1 is 0.375 bits per heavy atom. The molecule has 0 atom stereocenters. The van der Waals surface area contributed by atoms with Gasteiger partial charge < -0.3 is 18.3 Å².